The molecule has 2 rings (SSSR count). The van der Waals surface area contributed by atoms with Crippen LogP contribution >= 0.6 is 0 Å². The summed E-state index contributed by atoms with van der Waals surface area (Å²) in [7, 11) is 0. The smallest absolute Gasteiger partial charge is 0.130 e. The molecular formula is C17H25N3O. The Bertz CT molecular complexity index is 546. The minimum absolute atomic E-state index is 0.558. The van der Waals surface area contributed by atoms with Gasteiger partial charge in [-0.15, -0.1) is 0 Å². The van der Waals surface area contributed by atoms with Crippen molar-refractivity contribution in [3.63, 3.8) is 0 Å². The summed E-state index contributed by atoms with van der Waals surface area (Å²) in [5.41, 5.74) is 3.43. The minimum atomic E-state index is 0.558. The summed E-state index contributed by atoms with van der Waals surface area (Å²) < 4.78 is 7.83. The first kappa shape index (κ1) is 15.6. The van der Waals surface area contributed by atoms with Crippen LogP contribution in [0.1, 0.15) is 37.2 Å². The monoisotopic (exact) mass is 287 g/mol. The van der Waals surface area contributed by atoms with Gasteiger partial charge in [0.2, 0.25) is 0 Å². The molecule has 21 heavy (non-hydrogen) atoms. The summed E-state index contributed by atoms with van der Waals surface area (Å²) >= 11 is 0. The summed E-state index contributed by atoms with van der Waals surface area (Å²) in [6.45, 7) is 9.67. The molecule has 2 aromatic rings. The number of aryl methyl sites for hydroxylation is 2. The summed E-state index contributed by atoms with van der Waals surface area (Å²) in [6, 6.07) is 10.4. The van der Waals surface area contributed by atoms with Crippen molar-refractivity contribution in [2.24, 2.45) is 0 Å². The van der Waals surface area contributed by atoms with Crippen LogP contribution in [-0.2, 0) is 19.7 Å². The van der Waals surface area contributed by atoms with E-state index in [4.69, 9.17) is 4.74 Å². The lowest BCUT2D eigenvalue weighted by Crippen LogP contribution is -2.13. The molecule has 0 aliphatic rings. The van der Waals surface area contributed by atoms with Gasteiger partial charge in [0.15, 0.2) is 0 Å². The Kier molecular flexibility index (Phi) is 5.81. The standard InChI is InChI=1S/C17H25N3O/c1-4-10-18-12-15-6-8-17(9-7-15)21-13-16-11-14(3)19-20(16)5-2/h6-9,11,18H,4-5,10,12-13H2,1-3H3. The fourth-order valence-corrected chi connectivity index (χ4v) is 2.26. The van der Waals surface area contributed by atoms with E-state index in [1.165, 1.54) is 5.56 Å². The average molecular weight is 287 g/mol. The summed E-state index contributed by atoms with van der Waals surface area (Å²) in [5, 5.41) is 7.82. The molecule has 0 spiro atoms. The van der Waals surface area contributed by atoms with E-state index in [1.54, 1.807) is 0 Å². The minimum Gasteiger partial charge on any atom is -0.487 e. The van der Waals surface area contributed by atoms with Crippen molar-refractivity contribution < 1.29 is 4.74 Å². The number of aromatic nitrogens is 2. The maximum atomic E-state index is 5.85. The molecule has 0 saturated carbocycles. The van der Waals surface area contributed by atoms with Crippen LogP contribution in [0.4, 0.5) is 0 Å². The predicted octanol–water partition coefficient (Wildman–Crippen LogP) is 3.29. The Hall–Kier alpha value is -1.81. The third kappa shape index (κ3) is 4.60. The van der Waals surface area contributed by atoms with E-state index in [0.717, 1.165) is 43.2 Å². The van der Waals surface area contributed by atoms with E-state index >= 15 is 0 Å². The second-order valence-corrected chi connectivity index (χ2v) is 5.20. The summed E-state index contributed by atoms with van der Waals surface area (Å²) in [4.78, 5) is 0. The molecule has 1 heterocycles. The van der Waals surface area contributed by atoms with Crippen molar-refractivity contribution in [3.05, 3.63) is 47.3 Å². The number of ether oxygens (including phenoxy) is 1. The lowest BCUT2D eigenvalue weighted by atomic mass is 10.2. The lowest BCUT2D eigenvalue weighted by molar-refractivity contribution is 0.292. The van der Waals surface area contributed by atoms with Crippen LogP contribution in [0.2, 0.25) is 0 Å². The number of hydrogen-bond acceptors (Lipinski definition) is 3. The van der Waals surface area contributed by atoms with Gasteiger partial charge in [0.1, 0.15) is 12.4 Å². The van der Waals surface area contributed by atoms with Gasteiger partial charge in [-0.05, 0) is 50.6 Å². The van der Waals surface area contributed by atoms with E-state index < -0.39 is 0 Å². The molecule has 0 saturated heterocycles. The van der Waals surface area contributed by atoms with E-state index in [2.05, 4.69) is 42.5 Å². The van der Waals surface area contributed by atoms with Crippen molar-refractivity contribution >= 4 is 0 Å². The first-order valence-electron chi connectivity index (χ1n) is 7.68. The molecule has 0 radical (unpaired) electrons. The van der Waals surface area contributed by atoms with E-state index in [9.17, 15) is 0 Å². The van der Waals surface area contributed by atoms with Gasteiger partial charge in [0.25, 0.3) is 0 Å². The van der Waals surface area contributed by atoms with Crippen molar-refractivity contribution in [2.45, 2.75) is 46.9 Å². The molecule has 4 nitrogen and oxygen atoms in total. The second kappa shape index (κ2) is 7.84. The van der Waals surface area contributed by atoms with Gasteiger partial charge in [-0.1, -0.05) is 19.1 Å². The highest BCUT2D eigenvalue weighted by Gasteiger charge is 2.04. The van der Waals surface area contributed by atoms with Crippen molar-refractivity contribution in [3.8, 4) is 5.75 Å². The predicted molar refractivity (Wildman–Crippen MR) is 85.4 cm³/mol. The van der Waals surface area contributed by atoms with Gasteiger partial charge in [-0.25, -0.2) is 0 Å². The highest BCUT2D eigenvalue weighted by molar-refractivity contribution is 5.27. The van der Waals surface area contributed by atoms with Gasteiger partial charge in [-0.3, -0.25) is 4.68 Å². The maximum Gasteiger partial charge on any atom is 0.130 e. The van der Waals surface area contributed by atoms with Crippen molar-refractivity contribution in [1.82, 2.24) is 15.1 Å². The molecule has 4 heteroatoms. The van der Waals surface area contributed by atoms with Gasteiger partial charge < -0.3 is 10.1 Å². The number of nitrogens with zero attached hydrogens (tertiary/aromatic N) is 2. The Balaban J connectivity index is 1.88. The normalized spacial score (nSPS) is 10.8. The van der Waals surface area contributed by atoms with Crippen LogP contribution in [0.15, 0.2) is 30.3 Å². The zero-order valence-electron chi connectivity index (χ0n) is 13.2. The molecule has 0 bridgehead atoms. The van der Waals surface area contributed by atoms with Crippen molar-refractivity contribution in [2.75, 3.05) is 6.54 Å². The topological polar surface area (TPSA) is 39.1 Å². The largest absolute Gasteiger partial charge is 0.487 e. The number of benzene rings is 1. The first-order chi connectivity index (χ1) is 10.2. The van der Waals surface area contributed by atoms with Gasteiger partial charge in [-0.2, -0.15) is 5.10 Å². The molecule has 1 aromatic carbocycles. The number of rotatable bonds is 8. The molecule has 0 atom stereocenters. The van der Waals surface area contributed by atoms with Gasteiger partial charge in [0.05, 0.1) is 11.4 Å². The van der Waals surface area contributed by atoms with Crippen LogP contribution in [0, 0.1) is 6.92 Å². The summed E-state index contributed by atoms with van der Waals surface area (Å²) in [6.07, 6.45) is 1.16. The zero-order chi connectivity index (χ0) is 15.1. The fraction of sp³-hybridized carbons (Fsp3) is 0.471. The molecule has 114 valence electrons. The molecular weight excluding hydrogens is 262 g/mol. The molecule has 0 fully saturated rings. The van der Waals surface area contributed by atoms with Crippen LogP contribution in [0.5, 0.6) is 5.75 Å². The van der Waals surface area contributed by atoms with E-state index in [1.807, 2.05) is 23.7 Å². The molecule has 0 aliphatic carbocycles. The van der Waals surface area contributed by atoms with E-state index in [-0.39, 0.29) is 0 Å². The molecule has 1 N–H and O–H groups in total. The molecule has 1 aromatic heterocycles. The third-order valence-electron chi connectivity index (χ3n) is 3.35. The van der Waals surface area contributed by atoms with Gasteiger partial charge >= 0.3 is 0 Å². The Morgan fingerprint density at radius 3 is 2.62 bits per heavy atom. The average Bonchev–Trinajstić information content (AvgIpc) is 2.87. The third-order valence-corrected chi connectivity index (χ3v) is 3.35. The van der Waals surface area contributed by atoms with Crippen molar-refractivity contribution in [1.29, 1.82) is 0 Å². The first-order valence-corrected chi connectivity index (χ1v) is 7.68. The number of nitrogens with one attached hydrogen (secondary N) is 1. The Labute approximate surface area is 127 Å². The quantitative estimate of drug-likeness (QED) is 0.757. The zero-order valence-corrected chi connectivity index (χ0v) is 13.2. The van der Waals surface area contributed by atoms with E-state index in [0.29, 0.717) is 6.61 Å². The van der Waals surface area contributed by atoms with Gasteiger partial charge in [0, 0.05) is 13.1 Å². The SMILES string of the molecule is CCCNCc1ccc(OCc2cc(C)nn2CC)cc1. The number of hydrogen-bond donors (Lipinski definition) is 1. The van der Waals surface area contributed by atoms with Crippen LogP contribution < -0.4 is 10.1 Å². The maximum absolute atomic E-state index is 5.85. The lowest BCUT2D eigenvalue weighted by Gasteiger charge is -2.09. The van der Waals surface area contributed by atoms with Crippen LogP contribution in [0.25, 0.3) is 0 Å². The summed E-state index contributed by atoms with van der Waals surface area (Å²) in [5.74, 6) is 0.899. The second-order valence-electron chi connectivity index (χ2n) is 5.20. The highest BCUT2D eigenvalue weighted by atomic mass is 16.5. The molecule has 0 amide bonds. The van der Waals surface area contributed by atoms with Crippen LogP contribution in [-0.4, -0.2) is 16.3 Å². The Morgan fingerprint density at radius 2 is 1.95 bits per heavy atom. The Morgan fingerprint density at radius 1 is 1.19 bits per heavy atom. The fourth-order valence-electron chi connectivity index (χ4n) is 2.26. The molecule has 0 unspecified atom stereocenters. The van der Waals surface area contributed by atoms with Crippen LogP contribution in [0.3, 0.4) is 0 Å². The highest BCUT2D eigenvalue weighted by Crippen LogP contribution is 2.15. The molecule has 0 aliphatic heterocycles.